The van der Waals surface area contributed by atoms with E-state index >= 15 is 0 Å². The topological polar surface area (TPSA) is 3.24 Å². The number of hydrogen-bond donors (Lipinski definition) is 0. The lowest BCUT2D eigenvalue weighted by Crippen LogP contribution is -2.18. The second-order valence-electron chi connectivity index (χ2n) is 11.1. The van der Waals surface area contributed by atoms with Crippen LogP contribution < -0.4 is 4.90 Å². The molecule has 0 N–H and O–H groups in total. The fourth-order valence-corrected chi connectivity index (χ4v) is 4.78. The van der Waals surface area contributed by atoms with Crippen molar-refractivity contribution in [3.63, 3.8) is 0 Å². The number of nitrogens with zero attached hydrogens (tertiary/aromatic N) is 1. The molecule has 0 aromatic heterocycles. The van der Waals surface area contributed by atoms with Crippen molar-refractivity contribution in [2.24, 2.45) is 0 Å². The summed E-state index contributed by atoms with van der Waals surface area (Å²) in [5.74, 6) is 1.32. The number of halogens is 1. The van der Waals surface area contributed by atoms with Crippen molar-refractivity contribution >= 4 is 33.0 Å². The van der Waals surface area contributed by atoms with E-state index in [0.29, 0.717) is 17.8 Å². The molecule has 176 valence electrons. The lowest BCUT2D eigenvalue weighted by atomic mass is 9.85. The Morgan fingerprint density at radius 2 is 1.21 bits per heavy atom. The van der Waals surface area contributed by atoms with Crippen LogP contribution in [0.4, 0.5) is 17.1 Å². The molecule has 0 radical (unpaired) electrons. The molecule has 0 aliphatic heterocycles. The molecule has 0 unspecified atom stereocenters. The Hall–Kier alpha value is -2.06. The van der Waals surface area contributed by atoms with Crippen LogP contribution in [0, 0.1) is 0 Å². The molecule has 33 heavy (non-hydrogen) atoms. The molecular weight excluding hydrogens is 466 g/mol. The second kappa shape index (κ2) is 10.1. The maximum atomic E-state index is 3.82. The Bertz CT molecular complexity index is 1060. The van der Waals surface area contributed by atoms with Crippen molar-refractivity contribution in [3.8, 4) is 0 Å². The van der Waals surface area contributed by atoms with Crippen LogP contribution in [0.5, 0.6) is 0 Å². The first-order valence-electron chi connectivity index (χ1n) is 12.2. The van der Waals surface area contributed by atoms with Crippen LogP contribution in [0.3, 0.4) is 0 Å². The second-order valence-corrected chi connectivity index (χ2v) is 12.0. The van der Waals surface area contributed by atoms with E-state index in [4.69, 9.17) is 0 Å². The van der Waals surface area contributed by atoms with Gasteiger partial charge in [-0.3, -0.25) is 0 Å². The first kappa shape index (κ1) is 25.6. The molecule has 0 aliphatic rings. The average Bonchev–Trinajstić information content (AvgIpc) is 2.73. The van der Waals surface area contributed by atoms with E-state index in [1.807, 2.05) is 0 Å². The lowest BCUT2D eigenvalue weighted by molar-refractivity contribution is 0.590. The summed E-state index contributed by atoms with van der Waals surface area (Å²) < 4.78 is 1.11. The van der Waals surface area contributed by atoms with Gasteiger partial charge in [0.15, 0.2) is 0 Å². The molecule has 0 spiro atoms. The van der Waals surface area contributed by atoms with Gasteiger partial charge in [0.25, 0.3) is 0 Å². The van der Waals surface area contributed by atoms with Crippen LogP contribution in [-0.4, -0.2) is 0 Å². The van der Waals surface area contributed by atoms with Crippen molar-refractivity contribution < 1.29 is 0 Å². The molecular formula is C31H40BrN. The summed E-state index contributed by atoms with van der Waals surface area (Å²) in [4.78, 5) is 2.48. The summed E-state index contributed by atoms with van der Waals surface area (Å²) in [6.07, 6.45) is 0. The van der Waals surface area contributed by atoms with Gasteiger partial charge in [-0.05, 0) is 75.8 Å². The highest BCUT2D eigenvalue weighted by Gasteiger charge is 2.25. The van der Waals surface area contributed by atoms with Gasteiger partial charge >= 0.3 is 0 Å². The highest BCUT2D eigenvalue weighted by atomic mass is 79.9. The molecule has 2 heteroatoms. The largest absolute Gasteiger partial charge is 0.310 e. The monoisotopic (exact) mass is 505 g/mol. The van der Waals surface area contributed by atoms with Gasteiger partial charge in [-0.15, -0.1) is 0 Å². The first-order chi connectivity index (χ1) is 15.4. The van der Waals surface area contributed by atoms with Crippen LogP contribution in [-0.2, 0) is 5.41 Å². The molecule has 0 aliphatic carbocycles. The van der Waals surface area contributed by atoms with E-state index in [1.54, 1.807) is 0 Å². The molecule has 0 bridgehead atoms. The van der Waals surface area contributed by atoms with Gasteiger partial charge in [-0.25, -0.2) is 0 Å². The summed E-state index contributed by atoms with van der Waals surface area (Å²) in [5.41, 5.74) is 9.33. The number of para-hydroxylation sites is 1. The van der Waals surface area contributed by atoms with Gasteiger partial charge in [0.2, 0.25) is 0 Å². The van der Waals surface area contributed by atoms with Gasteiger partial charge < -0.3 is 4.90 Å². The smallest absolute Gasteiger partial charge is 0.0531 e. The van der Waals surface area contributed by atoms with Crippen molar-refractivity contribution in [1.29, 1.82) is 0 Å². The van der Waals surface area contributed by atoms with Gasteiger partial charge in [-0.2, -0.15) is 0 Å². The van der Waals surface area contributed by atoms with Gasteiger partial charge in [-0.1, -0.05) is 109 Å². The van der Waals surface area contributed by atoms with Gasteiger partial charge in [0, 0.05) is 15.8 Å². The van der Waals surface area contributed by atoms with Crippen LogP contribution >= 0.6 is 15.9 Å². The first-order valence-corrected chi connectivity index (χ1v) is 13.0. The van der Waals surface area contributed by atoms with Crippen molar-refractivity contribution in [1.82, 2.24) is 0 Å². The fourth-order valence-electron chi connectivity index (χ4n) is 4.30. The third-order valence-electron chi connectivity index (χ3n) is 6.35. The molecule has 3 aromatic carbocycles. The Morgan fingerprint density at radius 1 is 0.667 bits per heavy atom. The summed E-state index contributed by atoms with van der Waals surface area (Å²) in [5, 5.41) is 0. The van der Waals surface area contributed by atoms with Crippen LogP contribution in [0.25, 0.3) is 0 Å². The molecule has 3 rings (SSSR count). The van der Waals surface area contributed by atoms with E-state index in [0.717, 1.165) is 4.47 Å². The highest BCUT2D eigenvalue weighted by Crippen LogP contribution is 2.46. The molecule has 0 heterocycles. The number of hydrogen-bond acceptors (Lipinski definition) is 1. The molecule has 1 nitrogen and oxygen atoms in total. The molecule has 0 amide bonds. The van der Waals surface area contributed by atoms with E-state index in [1.165, 1.54) is 39.3 Å². The molecule has 0 saturated heterocycles. The minimum Gasteiger partial charge on any atom is -0.310 e. The predicted molar refractivity (Wildman–Crippen MR) is 150 cm³/mol. The van der Waals surface area contributed by atoms with Crippen molar-refractivity contribution in [3.05, 3.63) is 87.4 Å². The zero-order valence-corrected chi connectivity index (χ0v) is 23.4. The van der Waals surface area contributed by atoms with E-state index < -0.39 is 0 Å². The van der Waals surface area contributed by atoms with Crippen LogP contribution in [0.15, 0.2) is 65.1 Å². The molecule has 0 fully saturated rings. The normalized spacial score (nSPS) is 12.2. The average molecular weight is 507 g/mol. The third-order valence-corrected chi connectivity index (χ3v) is 6.80. The number of rotatable bonds is 6. The molecule has 3 aromatic rings. The van der Waals surface area contributed by atoms with E-state index in [9.17, 15) is 0 Å². The lowest BCUT2D eigenvalue weighted by Gasteiger charge is -2.34. The Kier molecular flexibility index (Phi) is 7.79. The zero-order valence-electron chi connectivity index (χ0n) is 21.8. The van der Waals surface area contributed by atoms with Crippen LogP contribution in [0.2, 0.25) is 0 Å². The number of benzene rings is 3. The Balaban J connectivity index is 2.43. The summed E-state index contributed by atoms with van der Waals surface area (Å²) in [6.45, 7) is 20.7. The Labute approximate surface area is 210 Å². The quantitative estimate of drug-likeness (QED) is 0.321. The summed E-state index contributed by atoms with van der Waals surface area (Å²) >= 11 is 3.82. The van der Waals surface area contributed by atoms with E-state index in [2.05, 4.69) is 144 Å². The predicted octanol–water partition coefficient (Wildman–Crippen LogP) is 10.6. The van der Waals surface area contributed by atoms with Gasteiger partial charge in [0.1, 0.15) is 0 Å². The fraction of sp³-hybridized carbons (Fsp3) is 0.419. The SMILES string of the molecule is CC(C)c1cc(C(C)C)c(N(c2ccccc2)c2cc(Br)cc(C(C)(C)C)c2)c(C(C)C)c1. The Morgan fingerprint density at radius 3 is 1.67 bits per heavy atom. The van der Waals surface area contributed by atoms with Crippen molar-refractivity contribution in [2.45, 2.75) is 85.5 Å². The van der Waals surface area contributed by atoms with Crippen LogP contribution in [0.1, 0.15) is 102 Å². The summed E-state index contributed by atoms with van der Waals surface area (Å²) in [7, 11) is 0. The minimum absolute atomic E-state index is 0.0597. The summed E-state index contributed by atoms with van der Waals surface area (Å²) in [6, 6.07) is 22.6. The van der Waals surface area contributed by atoms with E-state index in [-0.39, 0.29) is 5.41 Å². The standard InChI is InChI=1S/C31H40BrN/c1-20(2)23-15-28(21(3)4)30(29(16-23)22(5)6)33(26-13-11-10-12-14-26)27-18-24(31(7,8)9)17-25(32)19-27/h10-22H,1-9H3. The molecule has 0 saturated carbocycles. The zero-order chi connectivity index (χ0) is 24.5. The van der Waals surface area contributed by atoms with Crippen molar-refractivity contribution in [2.75, 3.05) is 4.90 Å². The minimum atomic E-state index is 0.0597. The maximum absolute atomic E-state index is 3.82. The highest BCUT2D eigenvalue weighted by molar-refractivity contribution is 9.10. The third kappa shape index (κ3) is 5.72. The van der Waals surface area contributed by atoms with Gasteiger partial charge in [0.05, 0.1) is 5.69 Å². The number of anilines is 3. The maximum Gasteiger partial charge on any atom is 0.0531 e. The molecule has 0 atom stereocenters.